The number of nitrogens with zero attached hydrogens (tertiary/aromatic N) is 3. The van der Waals surface area contributed by atoms with Crippen molar-refractivity contribution in [1.29, 1.82) is 0 Å². The molecule has 0 aromatic heterocycles. The Bertz CT molecular complexity index is 937. The topological polar surface area (TPSA) is 45.1 Å². The van der Waals surface area contributed by atoms with Crippen LogP contribution in [0, 0.1) is 19.7 Å². The normalized spacial score (nSPS) is 20.0. The van der Waals surface area contributed by atoms with Gasteiger partial charge in [-0.25, -0.2) is 9.40 Å². The Kier molecular flexibility index (Phi) is 5.74. The number of carbonyl (C=O) groups excluding carboxylic acids is 1. The monoisotopic (exact) mass is 395 g/mol. The number of benzene rings is 2. The molecule has 1 atom stereocenters. The second kappa shape index (κ2) is 8.43. The van der Waals surface area contributed by atoms with Gasteiger partial charge in [0.15, 0.2) is 0 Å². The van der Waals surface area contributed by atoms with Crippen molar-refractivity contribution in [2.75, 3.05) is 32.8 Å². The molecule has 1 unspecified atom stereocenters. The minimum Gasteiger partial charge on any atom is -0.379 e. The van der Waals surface area contributed by atoms with Crippen LogP contribution in [0.5, 0.6) is 0 Å². The van der Waals surface area contributed by atoms with Gasteiger partial charge in [-0.15, -0.1) is 0 Å². The molecule has 0 saturated carbocycles. The summed E-state index contributed by atoms with van der Waals surface area (Å²) in [5, 5.41) is 6.28. The number of amides is 1. The van der Waals surface area contributed by atoms with Crippen LogP contribution >= 0.6 is 0 Å². The van der Waals surface area contributed by atoms with Crippen molar-refractivity contribution in [3.05, 3.63) is 70.5 Å². The van der Waals surface area contributed by atoms with Crippen LogP contribution in [0.3, 0.4) is 0 Å². The highest BCUT2D eigenvalue weighted by Gasteiger charge is 2.34. The van der Waals surface area contributed by atoms with Crippen LogP contribution in [0.2, 0.25) is 0 Å². The molecular weight excluding hydrogens is 369 g/mol. The fourth-order valence-electron chi connectivity index (χ4n) is 4.04. The van der Waals surface area contributed by atoms with Crippen molar-refractivity contribution in [3.8, 4) is 0 Å². The van der Waals surface area contributed by atoms with Gasteiger partial charge in [0.2, 0.25) is 0 Å². The number of hydrazone groups is 1. The molecule has 4 rings (SSSR count). The highest BCUT2D eigenvalue weighted by Crippen LogP contribution is 2.34. The quantitative estimate of drug-likeness (QED) is 0.797. The zero-order valence-corrected chi connectivity index (χ0v) is 16.9. The molecule has 29 heavy (non-hydrogen) atoms. The average Bonchev–Trinajstić information content (AvgIpc) is 3.14. The van der Waals surface area contributed by atoms with Crippen LogP contribution in [0.1, 0.15) is 34.7 Å². The lowest BCUT2D eigenvalue weighted by molar-refractivity contribution is -0.135. The van der Waals surface area contributed by atoms with E-state index in [4.69, 9.17) is 9.84 Å². The Hall–Kier alpha value is -2.57. The number of morpholine rings is 1. The van der Waals surface area contributed by atoms with Gasteiger partial charge in [-0.3, -0.25) is 9.69 Å². The molecular formula is C23H26FN3O2. The lowest BCUT2D eigenvalue weighted by Gasteiger charge is -2.29. The highest BCUT2D eigenvalue weighted by atomic mass is 19.1. The molecule has 152 valence electrons. The van der Waals surface area contributed by atoms with E-state index >= 15 is 0 Å². The van der Waals surface area contributed by atoms with E-state index in [2.05, 4.69) is 36.9 Å². The Morgan fingerprint density at radius 3 is 2.69 bits per heavy atom. The van der Waals surface area contributed by atoms with Crippen LogP contribution in [0.15, 0.2) is 47.6 Å². The van der Waals surface area contributed by atoms with Gasteiger partial charge in [0.1, 0.15) is 5.82 Å². The lowest BCUT2D eigenvalue weighted by Crippen LogP contribution is -2.43. The van der Waals surface area contributed by atoms with Crippen LogP contribution in [0.4, 0.5) is 4.39 Å². The maximum Gasteiger partial charge on any atom is 0.257 e. The summed E-state index contributed by atoms with van der Waals surface area (Å²) in [6.45, 7) is 7.14. The van der Waals surface area contributed by atoms with Gasteiger partial charge in [-0.1, -0.05) is 35.9 Å². The van der Waals surface area contributed by atoms with E-state index in [1.54, 1.807) is 11.1 Å². The van der Waals surface area contributed by atoms with Gasteiger partial charge >= 0.3 is 0 Å². The first-order chi connectivity index (χ1) is 14.0. The summed E-state index contributed by atoms with van der Waals surface area (Å²) in [4.78, 5) is 15.2. The second-order valence-corrected chi connectivity index (χ2v) is 7.77. The molecule has 1 fully saturated rings. The Labute approximate surface area is 170 Å². The predicted molar refractivity (Wildman–Crippen MR) is 110 cm³/mol. The standard InChI is InChI=1S/C23H26FN3O2/c1-16-6-7-20(17(2)12-16)21-14-22(18-4-3-5-19(24)13-18)27(25-21)23(28)15-26-8-10-29-11-9-26/h3-7,12-13,22H,8-11,14-15H2,1-2H3. The van der Waals surface area contributed by atoms with Crippen molar-refractivity contribution in [2.24, 2.45) is 5.10 Å². The summed E-state index contributed by atoms with van der Waals surface area (Å²) in [5.41, 5.74) is 4.99. The maximum absolute atomic E-state index is 13.9. The molecule has 0 aliphatic carbocycles. The molecule has 0 spiro atoms. The Morgan fingerprint density at radius 2 is 1.97 bits per heavy atom. The van der Waals surface area contributed by atoms with Gasteiger partial charge in [-0.05, 0) is 37.1 Å². The highest BCUT2D eigenvalue weighted by molar-refractivity contribution is 6.04. The van der Waals surface area contributed by atoms with Crippen LogP contribution < -0.4 is 0 Å². The summed E-state index contributed by atoms with van der Waals surface area (Å²) in [5.74, 6) is -0.371. The first-order valence-corrected chi connectivity index (χ1v) is 10.0. The maximum atomic E-state index is 13.9. The number of halogens is 1. The van der Waals surface area contributed by atoms with E-state index in [9.17, 15) is 9.18 Å². The van der Waals surface area contributed by atoms with Crippen molar-refractivity contribution >= 4 is 11.6 Å². The molecule has 0 N–H and O–H groups in total. The molecule has 0 radical (unpaired) electrons. The Balaban J connectivity index is 1.64. The van der Waals surface area contributed by atoms with E-state index in [1.807, 2.05) is 6.07 Å². The smallest absolute Gasteiger partial charge is 0.257 e. The number of hydrogen-bond donors (Lipinski definition) is 0. The molecule has 2 heterocycles. The molecule has 1 saturated heterocycles. The van der Waals surface area contributed by atoms with E-state index in [0.29, 0.717) is 26.2 Å². The van der Waals surface area contributed by atoms with Gasteiger partial charge in [-0.2, -0.15) is 5.10 Å². The second-order valence-electron chi connectivity index (χ2n) is 7.77. The summed E-state index contributed by atoms with van der Waals surface area (Å²) < 4.78 is 19.3. The van der Waals surface area contributed by atoms with Crippen molar-refractivity contribution in [1.82, 2.24) is 9.91 Å². The molecule has 0 bridgehead atoms. The molecule has 5 nitrogen and oxygen atoms in total. The summed E-state index contributed by atoms with van der Waals surface area (Å²) in [6, 6.07) is 12.4. The van der Waals surface area contributed by atoms with Gasteiger partial charge in [0, 0.05) is 25.1 Å². The predicted octanol–water partition coefficient (Wildman–Crippen LogP) is 3.45. The first kappa shape index (κ1) is 19.7. The number of hydrogen-bond acceptors (Lipinski definition) is 4. The fourth-order valence-corrected chi connectivity index (χ4v) is 4.04. The number of carbonyl (C=O) groups is 1. The van der Waals surface area contributed by atoms with Gasteiger partial charge in [0.05, 0.1) is 31.5 Å². The molecule has 2 aliphatic heterocycles. The number of rotatable bonds is 4. The van der Waals surface area contributed by atoms with Gasteiger partial charge in [0.25, 0.3) is 5.91 Å². The summed E-state index contributed by atoms with van der Waals surface area (Å²) >= 11 is 0. The minimum atomic E-state index is -0.303. The number of ether oxygens (including phenoxy) is 1. The fraction of sp³-hybridized carbons (Fsp3) is 0.391. The lowest BCUT2D eigenvalue weighted by atomic mass is 9.95. The van der Waals surface area contributed by atoms with E-state index in [0.717, 1.165) is 35.5 Å². The van der Waals surface area contributed by atoms with Crippen LogP contribution in [-0.4, -0.2) is 54.4 Å². The van der Waals surface area contributed by atoms with Gasteiger partial charge < -0.3 is 4.74 Å². The third-order valence-electron chi connectivity index (χ3n) is 5.55. The molecule has 2 aromatic rings. The van der Waals surface area contributed by atoms with E-state index in [-0.39, 0.29) is 17.8 Å². The van der Waals surface area contributed by atoms with Crippen molar-refractivity contribution < 1.29 is 13.9 Å². The molecule has 2 aliphatic rings. The van der Waals surface area contributed by atoms with Crippen LogP contribution in [-0.2, 0) is 9.53 Å². The van der Waals surface area contributed by atoms with E-state index in [1.165, 1.54) is 17.7 Å². The SMILES string of the molecule is Cc1ccc(C2=NN(C(=O)CN3CCOCC3)C(c3cccc(F)c3)C2)c(C)c1. The summed E-state index contributed by atoms with van der Waals surface area (Å²) in [6.07, 6.45) is 0.572. The average molecular weight is 395 g/mol. The van der Waals surface area contributed by atoms with E-state index < -0.39 is 0 Å². The van der Waals surface area contributed by atoms with Crippen molar-refractivity contribution in [2.45, 2.75) is 26.3 Å². The zero-order valence-electron chi connectivity index (χ0n) is 16.9. The third kappa shape index (κ3) is 4.38. The largest absolute Gasteiger partial charge is 0.379 e. The summed E-state index contributed by atoms with van der Waals surface area (Å²) in [7, 11) is 0. The number of aryl methyl sites for hydroxylation is 2. The molecule has 2 aromatic carbocycles. The third-order valence-corrected chi connectivity index (χ3v) is 5.55. The Morgan fingerprint density at radius 1 is 1.17 bits per heavy atom. The molecule has 6 heteroatoms. The zero-order chi connectivity index (χ0) is 20.4. The van der Waals surface area contributed by atoms with Crippen molar-refractivity contribution in [3.63, 3.8) is 0 Å². The van der Waals surface area contributed by atoms with Crippen LogP contribution in [0.25, 0.3) is 0 Å². The minimum absolute atomic E-state index is 0.0686. The molecule has 1 amide bonds. The first-order valence-electron chi connectivity index (χ1n) is 10.0.